The van der Waals surface area contributed by atoms with E-state index in [1.807, 2.05) is 24.3 Å². The van der Waals surface area contributed by atoms with E-state index < -0.39 is 4.92 Å². The van der Waals surface area contributed by atoms with Crippen molar-refractivity contribution in [2.24, 2.45) is 0 Å². The summed E-state index contributed by atoms with van der Waals surface area (Å²) in [6, 6.07) is 9.35. The van der Waals surface area contributed by atoms with Crippen molar-refractivity contribution in [1.82, 2.24) is 4.98 Å². The number of benzene rings is 1. The number of nitro groups is 1. The Bertz CT molecular complexity index is 629. The molecule has 1 aromatic carbocycles. The van der Waals surface area contributed by atoms with Crippen LogP contribution in [0.1, 0.15) is 12.5 Å². The van der Waals surface area contributed by atoms with E-state index in [0.717, 1.165) is 12.1 Å². The van der Waals surface area contributed by atoms with E-state index in [-0.39, 0.29) is 5.69 Å². The summed E-state index contributed by atoms with van der Waals surface area (Å²) >= 11 is 3.20. The number of rotatable bonds is 4. The molecule has 0 aliphatic heterocycles. The third-order valence-electron chi connectivity index (χ3n) is 3.06. The zero-order valence-corrected chi connectivity index (χ0v) is 12.8. The summed E-state index contributed by atoms with van der Waals surface area (Å²) in [7, 11) is 1.77. The van der Waals surface area contributed by atoms with Crippen LogP contribution >= 0.6 is 15.9 Å². The standard InChI is InChI=1S/C14H14BrN3O2/c1-3-10-4-6-12(7-5-10)17(2)14-13(18(19)20)8-11(15)9-16-14/h4-9H,3H2,1-2H3. The Labute approximate surface area is 125 Å². The minimum Gasteiger partial charge on any atom is -0.324 e. The minimum absolute atomic E-state index is 0.0264. The van der Waals surface area contributed by atoms with Gasteiger partial charge in [0.05, 0.1) is 4.92 Å². The lowest BCUT2D eigenvalue weighted by Gasteiger charge is -2.18. The number of hydrogen-bond acceptors (Lipinski definition) is 4. The molecule has 1 aromatic heterocycles. The quantitative estimate of drug-likeness (QED) is 0.623. The van der Waals surface area contributed by atoms with Gasteiger partial charge >= 0.3 is 5.69 Å². The molecule has 0 amide bonds. The van der Waals surface area contributed by atoms with Gasteiger partial charge in [-0.15, -0.1) is 0 Å². The predicted octanol–water partition coefficient (Wildman–Crippen LogP) is 4.08. The summed E-state index contributed by atoms with van der Waals surface area (Å²) in [4.78, 5) is 16.6. The molecule has 0 N–H and O–H groups in total. The molecule has 0 unspecified atom stereocenters. The van der Waals surface area contributed by atoms with Crippen LogP contribution in [0, 0.1) is 10.1 Å². The number of halogens is 1. The van der Waals surface area contributed by atoms with E-state index in [4.69, 9.17) is 0 Å². The summed E-state index contributed by atoms with van der Waals surface area (Å²) in [5.41, 5.74) is 2.06. The normalized spacial score (nSPS) is 10.3. The van der Waals surface area contributed by atoms with Crippen molar-refractivity contribution in [3.63, 3.8) is 0 Å². The SMILES string of the molecule is CCc1ccc(N(C)c2ncc(Br)cc2[N+](=O)[O-])cc1. The largest absolute Gasteiger partial charge is 0.324 e. The van der Waals surface area contributed by atoms with Crippen molar-refractivity contribution in [1.29, 1.82) is 0 Å². The Morgan fingerprint density at radius 2 is 2.00 bits per heavy atom. The van der Waals surface area contributed by atoms with Gasteiger partial charge in [-0.3, -0.25) is 10.1 Å². The molecular weight excluding hydrogens is 322 g/mol. The minimum atomic E-state index is -0.427. The second-order valence-electron chi connectivity index (χ2n) is 4.33. The van der Waals surface area contributed by atoms with Crippen LogP contribution in [-0.2, 0) is 6.42 Å². The molecule has 0 fully saturated rings. The van der Waals surface area contributed by atoms with E-state index in [1.54, 1.807) is 18.1 Å². The highest BCUT2D eigenvalue weighted by Gasteiger charge is 2.20. The zero-order chi connectivity index (χ0) is 14.7. The highest BCUT2D eigenvalue weighted by Crippen LogP contribution is 2.32. The third kappa shape index (κ3) is 2.96. The molecule has 0 saturated carbocycles. The average molecular weight is 336 g/mol. The van der Waals surface area contributed by atoms with Crippen molar-refractivity contribution in [3.05, 3.63) is 56.7 Å². The van der Waals surface area contributed by atoms with Crippen LogP contribution in [0.4, 0.5) is 17.2 Å². The maximum absolute atomic E-state index is 11.1. The van der Waals surface area contributed by atoms with E-state index in [1.165, 1.54) is 11.6 Å². The maximum atomic E-state index is 11.1. The molecule has 1 heterocycles. The van der Waals surface area contributed by atoms with Crippen LogP contribution in [0.25, 0.3) is 0 Å². The molecule has 0 atom stereocenters. The molecule has 0 aliphatic rings. The lowest BCUT2D eigenvalue weighted by molar-refractivity contribution is -0.384. The fourth-order valence-electron chi connectivity index (χ4n) is 1.89. The third-order valence-corrected chi connectivity index (χ3v) is 3.49. The van der Waals surface area contributed by atoms with Gasteiger partial charge < -0.3 is 4.90 Å². The fourth-order valence-corrected chi connectivity index (χ4v) is 2.21. The van der Waals surface area contributed by atoms with E-state index in [0.29, 0.717) is 10.3 Å². The Kier molecular flexibility index (Phi) is 4.34. The second-order valence-corrected chi connectivity index (χ2v) is 5.25. The zero-order valence-electron chi connectivity index (χ0n) is 11.2. The average Bonchev–Trinajstić information content (AvgIpc) is 2.46. The van der Waals surface area contributed by atoms with Crippen LogP contribution in [-0.4, -0.2) is 17.0 Å². The monoisotopic (exact) mass is 335 g/mol. The Hall–Kier alpha value is -1.95. The number of pyridine rings is 1. The Morgan fingerprint density at radius 1 is 1.35 bits per heavy atom. The highest BCUT2D eigenvalue weighted by atomic mass is 79.9. The van der Waals surface area contributed by atoms with Crippen LogP contribution in [0.5, 0.6) is 0 Å². The van der Waals surface area contributed by atoms with Crippen molar-refractivity contribution in [2.45, 2.75) is 13.3 Å². The molecule has 5 nitrogen and oxygen atoms in total. The molecule has 20 heavy (non-hydrogen) atoms. The highest BCUT2D eigenvalue weighted by molar-refractivity contribution is 9.10. The Balaban J connectivity index is 2.41. The molecule has 2 aromatic rings. The van der Waals surface area contributed by atoms with Crippen molar-refractivity contribution in [2.75, 3.05) is 11.9 Å². The maximum Gasteiger partial charge on any atom is 0.313 e. The summed E-state index contributed by atoms with van der Waals surface area (Å²) in [6.07, 6.45) is 2.51. The smallest absolute Gasteiger partial charge is 0.313 e. The van der Waals surface area contributed by atoms with Gasteiger partial charge in [-0.05, 0) is 40.0 Å². The van der Waals surface area contributed by atoms with Crippen LogP contribution in [0.3, 0.4) is 0 Å². The van der Waals surface area contributed by atoms with Gasteiger partial charge in [0.15, 0.2) is 0 Å². The summed E-state index contributed by atoms with van der Waals surface area (Å²) in [5, 5.41) is 11.1. The number of nitrogens with zero attached hydrogens (tertiary/aromatic N) is 3. The van der Waals surface area contributed by atoms with Crippen molar-refractivity contribution in [3.8, 4) is 0 Å². The van der Waals surface area contributed by atoms with Gasteiger partial charge in [-0.1, -0.05) is 19.1 Å². The summed E-state index contributed by atoms with van der Waals surface area (Å²) in [6.45, 7) is 2.08. The number of hydrogen-bond donors (Lipinski definition) is 0. The van der Waals surface area contributed by atoms with E-state index >= 15 is 0 Å². The van der Waals surface area contributed by atoms with E-state index in [2.05, 4.69) is 27.8 Å². The first-order valence-electron chi connectivity index (χ1n) is 6.15. The molecule has 6 heteroatoms. The van der Waals surface area contributed by atoms with Gasteiger partial charge in [0.1, 0.15) is 0 Å². The number of aromatic nitrogens is 1. The lowest BCUT2D eigenvalue weighted by Crippen LogP contribution is -2.13. The van der Waals surface area contributed by atoms with Gasteiger partial charge in [-0.2, -0.15) is 0 Å². The molecule has 0 bridgehead atoms. The van der Waals surface area contributed by atoms with Gasteiger partial charge in [-0.25, -0.2) is 4.98 Å². The molecule has 0 aliphatic carbocycles. The first-order valence-corrected chi connectivity index (χ1v) is 6.95. The van der Waals surface area contributed by atoms with Crippen molar-refractivity contribution < 1.29 is 4.92 Å². The van der Waals surface area contributed by atoms with Gasteiger partial charge in [0, 0.05) is 29.5 Å². The number of anilines is 2. The second kappa shape index (κ2) is 6.00. The molecular formula is C14H14BrN3O2. The molecule has 2 rings (SSSR count). The van der Waals surface area contributed by atoms with Crippen LogP contribution in [0.2, 0.25) is 0 Å². The first kappa shape index (κ1) is 14.5. The van der Waals surface area contributed by atoms with Crippen LogP contribution < -0.4 is 4.90 Å². The summed E-state index contributed by atoms with van der Waals surface area (Å²) in [5.74, 6) is 0.322. The van der Waals surface area contributed by atoms with Crippen molar-refractivity contribution >= 4 is 33.1 Å². The first-order chi connectivity index (χ1) is 9.52. The lowest BCUT2D eigenvalue weighted by atomic mass is 10.1. The molecule has 0 radical (unpaired) electrons. The number of aryl methyl sites for hydroxylation is 1. The summed E-state index contributed by atoms with van der Waals surface area (Å²) < 4.78 is 0.586. The predicted molar refractivity (Wildman–Crippen MR) is 82.5 cm³/mol. The fraction of sp³-hybridized carbons (Fsp3) is 0.214. The molecule has 104 valence electrons. The van der Waals surface area contributed by atoms with Gasteiger partial charge in [0.2, 0.25) is 5.82 Å². The topological polar surface area (TPSA) is 59.3 Å². The van der Waals surface area contributed by atoms with Crippen LogP contribution in [0.15, 0.2) is 41.0 Å². The van der Waals surface area contributed by atoms with Gasteiger partial charge in [0.25, 0.3) is 0 Å². The molecule has 0 spiro atoms. The Morgan fingerprint density at radius 3 is 2.55 bits per heavy atom. The molecule has 0 saturated heterocycles. The van der Waals surface area contributed by atoms with E-state index in [9.17, 15) is 10.1 Å².